The number of methoxy groups -OCH3 is 1. The third-order valence-electron chi connectivity index (χ3n) is 8.61. The molecule has 1 aliphatic heterocycles. The van der Waals surface area contributed by atoms with Crippen LogP contribution >= 0.6 is 0 Å². The maximum Gasteiger partial charge on any atom is 0.407 e. The Hall–Kier alpha value is -3.97. The Balaban J connectivity index is 1.37. The molecule has 1 aliphatic carbocycles. The first kappa shape index (κ1) is 34.9. The van der Waals surface area contributed by atoms with Gasteiger partial charge >= 0.3 is 6.09 Å². The van der Waals surface area contributed by atoms with Crippen molar-refractivity contribution in [3.05, 3.63) is 94.4 Å². The van der Waals surface area contributed by atoms with Crippen molar-refractivity contribution in [2.45, 2.75) is 75.2 Å². The van der Waals surface area contributed by atoms with Crippen LogP contribution in [0.4, 0.5) is 4.79 Å². The third-order valence-corrected chi connectivity index (χ3v) is 8.61. The van der Waals surface area contributed by atoms with Gasteiger partial charge in [-0.05, 0) is 49.5 Å². The van der Waals surface area contributed by atoms with Crippen molar-refractivity contribution in [1.29, 1.82) is 0 Å². The molecule has 0 saturated heterocycles. The molecule has 0 spiro atoms. The first-order chi connectivity index (χ1) is 22.2. The zero-order chi connectivity index (χ0) is 33.1. The highest BCUT2D eigenvalue weighted by Gasteiger charge is 2.48. The number of carbonyl (C=O) groups is 2. The van der Waals surface area contributed by atoms with Crippen molar-refractivity contribution >= 4 is 12.0 Å². The van der Waals surface area contributed by atoms with Crippen LogP contribution < -0.4 is 5.32 Å². The highest BCUT2D eigenvalue weighted by atomic mass is 16.7. The van der Waals surface area contributed by atoms with E-state index in [0.717, 1.165) is 5.56 Å². The second kappa shape index (κ2) is 17.1. The van der Waals surface area contributed by atoms with E-state index in [2.05, 4.69) is 39.3 Å². The number of carbonyl (C=O) groups excluding carboxylic acids is 2. The number of hydrogen-bond donors (Lipinski definition) is 2. The Kier molecular flexibility index (Phi) is 13.0. The molecule has 8 atom stereocenters. The van der Waals surface area contributed by atoms with Crippen molar-refractivity contribution in [3.63, 3.8) is 0 Å². The fourth-order valence-corrected chi connectivity index (χ4v) is 5.88. The molecule has 2 N–H and O–H groups in total. The fraction of sp³-hybridized carbons (Fsp3) is 0.515. The lowest BCUT2D eigenvalue weighted by Crippen LogP contribution is -2.64. The highest BCUT2D eigenvalue weighted by Crippen LogP contribution is 2.32. The number of azide groups is 1. The van der Waals surface area contributed by atoms with Crippen LogP contribution in [0.3, 0.4) is 0 Å². The summed E-state index contributed by atoms with van der Waals surface area (Å²) in [6, 6.07) is 17.9. The topological polar surface area (TPSA) is 159 Å². The summed E-state index contributed by atoms with van der Waals surface area (Å²) in [5, 5.41) is 17.9. The first-order valence-corrected chi connectivity index (χ1v) is 15.4. The molecule has 2 aromatic rings. The Morgan fingerprint density at radius 1 is 1.15 bits per heavy atom. The molecule has 4 rings (SSSR count). The molecule has 2 aromatic carbocycles. The fourth-order valence-electron chi connectivity index (χ4n) is 5.88. The number of benzene rings is 2. The molecule has 2 amide bonds. The lowest BCUT2D eigenvalue weighted by atomic mass is 9.83. The summed E-state index contributed by atoms with van der Waals surface area (Å²) in [5.74, 6) is -0.479. The van der Waals surface area contributed by atoms with Crippen molar-refractivity contribution in [2.24, 2.45) is 5.11 Å². The van der Waals surface area contributed by atoms with Gasteiger partial charge in [-0.2, -0.15) is 0 Å². The van der Waals surface area contributed by atoms with Crippen LogP contribution in [0.25, 0.3) is 10.4 Å². The van der Waals surface area contributed by atoms with Gasteiger partial charge in [-0.1, -0.05) is 71.9 Å². The van der Waals surface area contributed by atoms with Gasteiger partial charge in [0.15, 0.2) is 6.29 Å². The van der Waals surface area contributed by atoms with Gasteiger partial charge in [-0.3, -0.25) is 9.69 Å². The van der Waals surface area contributed by atoms with E-state index < -0.39 is 48.7 Å². The number of hydrogen-bond acceptors (Lipinski definition) is 9. The average Bonchev–Trinajstić information content (AvgIpc) is 3.08. The summed E-state index contributed by atoms with van der Waals surface area (Å²) in [5.41, 5.74) is 11.3. The number of aliphatic hydroxyl groups excluding tert-OH is 1. The summed E-state index contributed by atoms with van der Waals surface area (Å²) in [6.07, 6.45) is -0.0809. The number of rotatable bonds is 13. The zero-order valence-electron chi connectivity index (χ0n) is 26.7. The molecule has 0 bridgehead atoms. The molecule has 13 nitrogen and oxygen atoms in total. The molecule has 2 aliphatic rings. The third kappa shape index (κ3) is 9.29. The second-order valence-corrected chi connectivity index (χ2v) is 11.6. The largest absolute Gasteiger partial charge is 0.445 e. The smallest absolute Gasteiger partial charge is 0.407 e. The predicted molar refractivity (Wildman–Crippen MR) is 170 cm³/mol. The monoisotopic (exact) mass is 636 g/mol. The van der Waals surface area contributed by atoms with Gasteiger partial charge in [-0.15, -0.1) is 0 Å². The maximum atomic E-state index is 13.2. The van der Waals surface area contributed by atoms with Crippen molar-refractivity contribution in [3.8, 4) is 0 Å². The minimum absolute atomic E-state index is 0.0600. The Morgan fingerprint density at radius 2 is 1.85 bits per heavy atom. The lowest BCUT2D eigenvalue weighted by Gasteiger charge is -2.47. The van der Waals surface area contributed by atoms with E-state index in [9.17, 15) is 20.2 Å². The van der Waals surface area contributed by atoms with Gasteiger partial charge in [0.2, 0.25) is 5.91 Å². The Labute approximate surface area is 269 Å². The molecule has 0 unspecified atom stereocenters. The van der Waals surface area contributed by atoms with E-state index in [1.807, 2.05) is 61.7 Å². The number of amides is 2. The van der Waals surface area contributed by atoms with Crippen LogP contribution in [0.5, 0.6) is 0 Å². The van der Waals surface area contributed by atoms with Crippen molar-refractivity contribution < 1.29 is 33.6 Å². The predicted octanol–water partition coefficient (Wildman–Crippen LogP) is 3.95. The van der Waals surface area contributed by atoms with Gasteiger partial charge < -0.3 is 34.3 Å². The number of ether oxygens (including phenoxy) is 4. The van der Waals surface area contributed by atoms with Gasteiger partial charge in [0.05, 0.1) is 30.4 Å². The van der Waals surface area contributed by atoms with E-state index in [0.29, 0.717) is 13.0 Å². The SMILES string of the molecule is CO[C@H]1C[C@H](N=[N+]=[N-])[C@@H](O[C@@H]2C=CC[C@@H](CN(C)[C@H](C)c3ccccc3)O2)[C@H](O)[C@@H]1N(C)C(=O)CNC(=O)OCc1ccccc1. The maximum absolute atomic E-state index is 13.2. The lowest BCUT2D eigenvalue weighted by molar-refractivity contribution is -0.223. The van der Waals surface area contributed by atoms with Crippen LogP contribution in [-0.2, 0) is 30.3 Å². The summed E-state index contributed by atoms with van der Waals surface area (Å²) >= 11 is 0. The van der Waals surface area contributed by atoms with Gasteiger partial charge in [0, 0.05) is 31.7 Å². The van der Waals surface area contributed by atoms with E-state index in [1.165, 1.54) is 24.6 Å². The zero-order valence-corrected chi connectivity index (χ0v) is 26.7. The van der Waals surface area contributed by atoms with Gasteiger partial charge in [-0.25, -0.2) is 4.79 Å². The van der Waals surface area contributed by atoms with E-state index in [-0.39, 0.29) is 31.7 Å². The molecule has 1 fully saturated rings. The van der Waals surface area contributed by atoms with Crippen LogP contribution in [0.15, 0.2) is 77.9 Å². The number of nitrogens with zero attached hydrogens (tertiary/aromatic N) is 5. The highest BCUT2D eigenvalue weighted by molar-refractivity contribution is 5.82. The summed E-state index contributed by atoms with van der Waals surface area (Å²) in [7, 11) is 5.01. The molecule has 1 heterocycles. The molecule has 46 heavy (non-hydrogen) atoms. The normalized spacial score (nSPS) is 26.5. The molecule has 0 aromatic heterocycles. The van der Waals surface area contributed by atoms with Gasteiger partial charge in [0.1, 0.15) is 19.3 Å². The quantitative estimate of drug-likeness (QED) is 0.145. The molecular weight excluding hydrogens is 592 g/mol. The van der Waals surface area contributed by atoms with E-state index in [4.69, 9.17) is 18.9 Å². The Bertz CT molecular complexity index is 1340. The van der Waals surface area contributed by atoms with Crippen molar-refractivity contribution in [2.75, 3.05) is 34.3 Å². The molecule has 13 heteroatoms. The second-order valence-electron chi connectivity index (χ2n) is 11.6. The van der Waals surface area contributed by atoms with Crippen LogP contribution in [0.2, 0.25) is 0 Å². The summed E-state index contributed by atoms with van der Waals surface area (Å²) < 4.78 is 23.4. The van der Waals surface area contributed by atoms with E-state index in [1.54, 1.807) is 6.08 Å². The minimum Gasteiger partial charge on any atom is -0.445 e. The summed E-state index contributed by atoms with van der Waals surface area (Å²) in [6.45, 7) is 2.47. The van der Waals surface area contributed by atoms with Crippen LogP contribution in [0.1, 0.15) is 36.9 Å². The van der Waals surface area contributed by atoms with Crippen LogP contribution in [-0.4, -0.2) is 104 Å². The van der Waals surface area contributed by atoms with Gasteiger partial charge in [0.25, 0.3) is 0 Å². The Morgan fingerprint density at radius 3 is 2.52 bits per heavy atom. The minimum atomic E-state index is -1.30. The number of aliphatic hydroxyl groups is 1. The average molecular weight is 637 g/mol. The standard InChI is InChI=1S/C33H44N6O7/c1-22(24-14-9-6-10-15-24)38(2)20-25-16-11-17-29(45-25)46-32-26(36-37-34)18-27(43-4)30(31(32)41)39(3)28(40)19-35-33(42)44-21-23-12-7-5-8-13-23/h5-15,17,22,25-27,29-32,41H,16,18-21H2,1-4H3,(H,35,42)/t22-,25+,26+,27+,29-,30-,31-,32-/m1/s1. The molecule has 1 saturated carbocycles. The number of likely N-dealkylation sites (N-methyl/N-ethyl adjacent to an activating group) is 2. The molecular formula is C33H44N6O7. The summed E-state index contributed by atoms with van der Waals surface area (Å²) in [4.78, 5) is 31.9. The van der Waals surface area contributed by atoms with E-state index >= 15 is 0 Å². The van der Waals surface area contributed by atoms with Crippen molar-refractivity contribution in [1.82, 2.24) is 15.1 Å². The number of alkyl carbamates (subject to hydrolysis) is 1. The number of nitrogens with one attached hydrogen (secondary N) is 1. The molecule has 248 valence electrons. The van der Waals surface area contributed by atoms with Crippen LogP contribution in [0, 0.1) is 0 Å². The molecule has 0 radical (unpaired) electrons. The first-order valence-electron chi connectivity index (χ1n) is 15.4.